The normalized spacial score (nSPS) is 17.3. The first kappa shape index (κ1) is 20.9. The molecule has 1 aliphatic rings. The summed E-state index contributed by atoms with van der Waals surface area (Å²) >= 11 is 0. The van der Waals surface area contributed by atoms with Gasteiger partial charge >= 0.3 is 0 Å². The van der Waals surface area contributed by atoms with Crippen LogP contribution in [0, 0.1) is 0 Å². The van der Waals surface area contributed by atoms with Crippen molar-refractivity contribution in [3.8, 4) is 0 Å². The van der Waals surface area contributed by atoms with E-state index in [9.17, 15) is 4.79 Å². The summed E-state index contributed by atoms with van der Waals surface area (Å²) in [5.41, 5.74) is 1.15. The highest BCUT2D eigenvalue weighted by atomic mass is 33.1. The number of hydrogen-bond donors (Lipinski definition) is 2. The smallest absolute Gasteiger partial charge is 0.219 e. The fraction of sp³-hybridized carbons (Fsp3) is 0.833. The highest BCUT2D eigenvalue weighted by Crippen LogP contribution is 2.39. The Labute approximate surface area is 150 Å². The molecule has 0 aliphatic carbocycles. The number of rotatable bonds is 14. The lowest BCUT2D eigenvalue weighted by molar-refractivity contribution is -0.121. The Balaban J connectivity index is 1.78. The van der Waals surface area contributed by atoms with Gasteiger partial charge in [-0.25, -0.2) is 0 Å². The van der Waals surface area contributed by atoms with Gasteiger partial charge in [-0.3, -0.25) is 4.79 Å². The van der Waals surface area contributed by atoms with E-state index in [2.05, 4.69) is 28.0 Å². The van der Waals surface area contributed by atoms with Gasteiger partial charge in [0.25, 0.3) is 0 Å². The van der Waals surface area contributed by atoms with Crippen molar-refractivity contribution in [2.24, 2.45) is 0 Å². The van der Waals surface area contributed by atoms with Crippen molar-refractivity contribution in [3.63, 3.8) is 0 Å². The van der Waals surface area contributed by atoms with Crippen LogP contribution in [0.25, 0.3) is 0 Å². The van der Waals surface area contributed by atoms with E-state index < -0.39 is 0 Å². The molecule has 0 saturated carbocycles. The molecule has 0 aromatic heterocycles. The van der Waals surface area contributed by atoms with Gasteiger partial charge in [0, 0.05) is 30.5 Å². The molecular formula is C18H34N2OS2. The van der Waals surface area contributed by atoms with E-state index in [4.69, 9.17) is 0 Å². The fourth-order valence-electron chi connectivity index (χ4n) is 2.58. The van der Waals surface area contributed by atoms with Crippen LogP contribution < -0.4 is 10.6 Å². The van der Waals surface area contributed by atoms with E-state index in [1.165, 1.54) is 44.3 Å². The number of carbonyl (C=O) groups excluding carboxylic acids is 1. The van der Waals surface area contributed by atoms with Gasteiger partial charge in [0.1, 0.15) is 0 Å². The van der Waals surface area contributed by atoms with Crippen LogP contribution in [-0.4, -0.2) is 36.5 Å². The number of hydrogen-bond acceptors (Lipinski definition) is 4. The van der Waals surface area contributed by atoms with Gasteiger partial charge < -0.3 is 10.6 Å². The van der Waals surface area contributed by atoms with E-state index in [1.807, 2.05) is 17.7 Å². The molecule has 0 aromatic carbocycles. The second-order valence-electron chi connectivity index (χ2n) is 6.47. The molecule has 0 bridgehead atoms. The molecule has 1 atom stereocenters. The van der Waals surface area contributed by atoms with Crippen molar-refractivity contribution in [3.05, 3.63) is 12.2 Å². The van der Waals surface area contributed by atoms with E-state index >= 15 is 0 Å². The van der Waals surface area contributed by atoms with Crippen LogP contribution in [0.2, 0.25) is 0 Å². The summed E-state index contributed by atoms with van der Waals surface area (Å²) in [6, 6.07) is 0. The Morgan fingerprint density at radius 1 is 1.13 bits per heavy atom. The standard InChI is InChI=1S/C18H34N2OS2/c1-16(2)15-19-12-8-13-20-18(21)10-7-5-3-4-6-9-17-11-14-22-23-17/h17,19H,1,3-15H2,2H3,(H,20,21). The highest BCUT2D eigenvalue weighted by Gasteiger charge is 2.15. The second kappa shape index (κ2) is 14.2. The van der Waals surface area contributed by atoms with Crippen LogP contribution in [0.5, 0.6) is 0 Å². The van der Waals surface area contributed by atoms with E-state index in [-0.39, 0.29) is 5.91 Å². The predicted molar refractivity (Wildman–Crippen MR) is 106 cm³/mol. The minimum atomic E-state index is 0.212. The Bertz CT molecular complexity index is 331. The third-order valence-corrected chi connectivity index (χ3v) is 6.94. The van der Waals surface area contributed by atoms with Crippen molar-refractivity contribution in [2.75, 3.05) is 25.4 Å². The monoisotopic (exact) mass is 358 g/mol. The molecule has 1 aliphatic heterocycles. The van der Waals surface area contributed by atoms with Crippen molar-refractivity contribution in [1.29, 1.82) is 0 Å². The first-order chi connectivity index (χ1) is 11.2. The molecule has 1 fully saturated rings. The fourth-order valence-corrected chi connectivity index (χ4v) is 5.61. The molecular weight excluding hydrogens is 324 g/mol. The lowest BCUT2D eigenvalue weighted by Gasteiger charge is -2.07. The topological polar surface area (TPSA) is 41.1 Å². The predicted octanol–water partition coefficient (Wildman–Crippen LogP) is 4.54. The SMILES string of the molecule is C=C(C)CNCCCNC(=O)CCCCCCCC1CCSS1. The van der Waals surface area contributed by atoms with Crippen LogP contribution in [-0.2, 0) is 4.79 Å². The Kier molecular flexibility index (Phi) is 12.9. The van der Waals surface area contributed by atoms with Gasteiger partial charge in [-0.1, -0.05) is 59.4 Å². The van der Waals surface area contributed by atoms with E-state index in [0.29, 0.717) is 6.42 Å². The maximum Gasteiger partial charge on any atom is 0.219 e. The van der Waals surface area contributed by atoms with Gasteiger partial charge in [0.05, 0.1) is 0 Å². The quantitative estimate of drug-likeness (QED) is 0.272. The third kappa shape index (κ3) is 12.9. The first-order valence-corrected chi connectivity index (χ1v) is 11.5. The van der Waals surface area contributed by atoms with Crippen molar-refractivity contribution in [1.82, 2.24) is 10.6 Å². The zero-order valence-corrected chi connectivity index (χ0v) is 16.3. The molecule has 1 rings (SSSR count). The summed E-state index contributed by atoms with van der Waals surface area (Å²) in [4.78, 5) is 11.7. The zero-order valence-electron chi connectivity index (χ0n) is 14.7. The summed E-state index contributed by atoms with van der Waals surface area (Å²) in [5.74, 6) is 1.55. The molecule has 1 unspecified atom stereocenters. The maximum absolute atomic E-state index is 11.7. The molecule has 1 amide bonds. The highest BCUT2D eigenvalue weighted by molar-refractivity contribution is 8.77. The summed E-state index contributed by atoms with van der Waals surface area (Å²) in [6.45, 7) is 8.44. The molecule has 0 radical (unpaired) electrons. The van der Waals surface area contributed by atoms with E-state index in [0.717, 1.165) is 43.3 Å². The van der Waals surface area contributed by atoms with Crippen molar-refractivity contribution >= 4 is 27.5 Å². The van der Waals surface area contributed by atoms with Gasteiger partial charge in [-0.2, -0.15) is 0 Å². The number of unbranched alkanes of at least 4 members (excludes halogenated alkanes) is 4. The van der Waals surface area contributed by atoms with E-state index in [1.54, 1.807) is 0 Å². The summed E-state index contributed by atoms with van der Waals surface area (Å²) < 4.78 is 0. The molecule has 23 heavy (non-hydrogen) atoms. The average Bonchev–Trinajstić information content (AvgIpc) is 3.02. The summed E-state index contributed by atoms with van der Waals surface area (Å²) in [5, 5.41) is 7.21. The average molecular weight is 359 g/mol. The molecule has 0 spiro atoms. The van der Waals surface area contributed by atoms with Crippen LogP contribution >= 0.6 is 21.6 Å². The number of nitrogens with one attached hydrogen (secondary N) is 2. The third-order valence-electron chi connectivity index (χ3n) is 3.94. The molecule has 1 heterocycles. The minimum absolute atomic E-state index is 0.212. The molecule has 1 saturated heterocycles. The zero-order chi connectivity index (χ0) is 16.8. The van der Waals surface area contributed by atoms with Gasteiger partial charge in [0.2, 0.25) is 5.91 Å². The first-order valence-electron chi connectivity index (χ1n) is 9.08. The summed E-state index contributed by atoms with van der Waals surface area (Å²) in [6.07, 6.45) is 10.7. The molecule has 0 aromatic rings. The van der Waals surface area contributed by atoms with Crippen molar-refractivity contribution < 1.29 is 4.79 Å². The molecule has 3 nitrogen and oxygen atoms in total. The molecule has 134 valence electrons. The molecule has 5 heteroatoms. The Morgan fingerprint density at radius 2 is 1.91 bits per heavy atom. The number of carbonyl (C=O) groups is 1. The van der Waals surface area contributed by atoms with Crippen LogP contribution in [0.3, 0.4) is 0 Å². The summed E-state index contributed by atoms with van der Waals surface area (Å²) in [7, 11) is 4.12. The second-order valence-corrected chi connectivity index (χ2v) is 9.26. The van der Waals surface area contributed by atoms with Crippen LogP contribution in [0.15, 0.2) is 12.2 Å². The molecule has 2 N–H and O–H groups in total. The Hall–Kier alpha value is -0.130. The number of amides is 1. The minimum Gasteiger partial charge on any atom is -0.356 e. The van der Waals surface area contributed by atoms with Gasteiger partial charge in [0.15, 0.2) is 0 Å². The van der Waals surface area contributed by atoms with Crippen LogP contribution in [0.1, 0.15) is 64.7 Å². The Morgan fingerprint density at radius 3 is 2.65 bits per heavy atom. The van der Waals surface area contributed by atoms with Crippen LogP contribution in [0.4, 0.5) is 0 Å². The van der Waals surface area contributed by atoms with Gasteiger partial charge in [-0.05, 0) is 39.2 Å². The van der Waals surface area contributed by atoms with Gasteiger partial charge in [-0.15, -0.1) is 0 Å². The van der Waals surface area contributed by atoms with Crippen molar-refractivity contribution in [2.45, 2.75) is 70.0 Å². The lowest BCUT2D eigenvalue weighted by Crippen LogP contribution is -2.27. The maximum atomic E-state index is 11.7. The largest absolute Gasteiger partial charge is 0.356 e. The lowest BCUT2D eigenvalue weighted by atomic mass is 10.1.